The van der Waals surface area contributed by atoms with E-state index in [1.54, 1.807) is 0 Å². The Hall–Kier alpha value is -0.130. The normalized spacial score (nSPS) is 26.5. The van der Waals surface area contributed by atoms with E-state index in [0.717, 1.165) is 12.8 Å². The molecule has 0 bridgehead atoms. The maximum Gasteiger partial charge on any atom is 0.148 e. The van der Waals surface area contributed by atoms with E-state index in [-0.39, 0.29) is 11.4 Å². The molecule has 0 radical (unpaired) electrons. The predicted octanol–water partition coefficient (Wildman–Crippen LogP) is 0.967. The van der Waals surface area contributed by atoms with Crippen molar-refractivity contribution in [3.63, 3.8) is 0 Å². The number of rotatable bonds is 5. The van der Waals surface area contributed by atoms with E-state index >= 15 is 0 Å². The second kappa shape index (κ2) is 5.02. The summed E-state index contributed by atoms with van der Waals surface area (Å²) < 4.78 is 27.6. The van der Waals surface area contributed by atoms with Crippen LogP contribution in [-0.2, 0) is 14.6 Å². The molecule has 1 aliphatic rings. The van der Waals surface area contributed by atoms with Gasteiger partial charge >= 0.3 is 0 Å². The molecule has 0 atom stereocenters. The van der Waals surface area contributed by atoms with Crippen LogP contribution in [0.3, 0.4) is 0 Å². The Morgan fingerprint density at radius 2 is 1.88 bits per heavy atom. The second-order valence-electron chi connectivity index (χ2n) is 5.60. The summed E-state index contributed by atoms with van der Waals surface area (Å²) in [6, 6.07) is 0.425. The molecule has 0 amide bonds. The number of nitrogens with one attached hydrogen (secondary N) is 1. The van der Waals surface area contributed by atoms with Crippen molar-refractivity contribution in [1.82, 2.24) is 5.32 Å². The highest BCUT2D eigenvalue weighted by molar-refractivity contribution is 7.90. The first-order chi connectivity index (χ1) is 7.16. The minimum absolute atomic E-state index is 0.0810. The van der Waals surface area contributed by atoms with Gasteiger partial charge in [-0.25, -0.2) is 8.42 Å². The van der Waals surface area contributed by atoms with Crippen LogP contribution in [0.4, 0.5) is 0 Å². The first kappa shape index (κ1) is 13.9. The maximum absolute atomic E-state index is 10.9. The van der Waals surface area contributed by atoms with Gasteiger partial charge in [-0.1, -0.05) is 0 Å². The van der Waals surface area contributed by atoms with Crippen molar-refractivity contribution in [2.24, 2.45) is 0 Å². The van der Waals surface area contributed by atoms with Gasteiger partial charge in [-0.2, -0.15) is 0 Å². The van der Waals surface area contributed by atoms with Crippen LogP contribution >= 0.6 is 0 Å². The first-order valence-electron chi connectivity index (χ1n) is 5.75. The molecule has 1 saturated carbocycles. The third-order valence-electron chi connectivity index (χ3n) is 2.52. The summed E-state index contributed by atoms with van der Waals surface area (Å²) in [5.74, 6) is 0.217. The van der Waals surface area contributed by atoms with E-state index in [2.05, 4.69) is 26.1 Å². The molecule has 0 aliphatic heterocycles. The van der Waals surface area contributed by atoms with Gasteiger partial charge < -0.3 is 10.1 Å². The average Bonchev–Trinajstić information content (AvgIpc) is 1.94. The summed E-state index contributed by atoms with van der Waals surface area (Å²) in [6.07, 6.45) is 3.57. The molecule has 0 aromatic carbocycles. The summed E-state index contributed by atoms with van der Waals surface area (Å²) in [5, 5.41) is 3.23. The lowest BCUT2D eigenvalue weighted by molar-refractivity contribution is -0.102. The van der Waals surface area contributed by atoms with E-state index in [9.17, 15) is 8.42 Å². The van der Waals surface area contributed by atoms with Gasteiger partial charge in [-0.3, -0.25) is 0 Å². The Bertz CT molecular complexity index is 313. The molecule has 0 saturated heterocycles. The van der Waals surface area contributed by atoms with Crippen molar-refractivity contribution in [3.05, 3.63) is 0 Å². The van der Waals surface area contributed by atoms with Crippen molar-refractivity contribution < 1.29 is 13.2 Å². The highest BCUT2D eigenvalue weighted by atomic mass is 32.2. The fourth-order valence-electron chi connectivity index (χ4n) is 1.78. The van der Waals surface area contributed by atoms with E-state index in [1.807, 2.05) is 0 Å². The molecule has 4 nitrogen and oxygen atoms in total. The molecule has 0 aromatic heterocycles. The summed E-state index contributed by atoms with van der Waals surface area (Å²) in [5.41, 5.74) is -0.0810. The van der Waals surface area contributed by atoms with Gasteiger partial charge in [0.25, 0.3) is 0 Å². The quantitative estimate of drug-likeness (QED) is 0.789. The molecular weight excluding hydrogens is 226 g/mol. The standard InChI is InChI=1S/C11H23NO3S/c1-11(2,3)15-10-7-9(8-10)12-5-6-16(4,13)14/h9-10,12H,5-8H2,1-4H3. The van der Waals surface area contributed by atoms with Crippen molar-refractivity contribution in [1.29, 1.82) is 0 Å². The Morgan fingerprint density at radius 3 is 2.31 bits per heavy atom. The van der Waals surface area contributed by atoms with Crippen LogP contribution in [0.15, 0.2) is 0 Å². The zero-order valence-corrected chi connectivity index (χ0v) is 11.4. The molecule has 1 aliphatic carbocycles. The van der Waals surface area contributed by atoms with E-state index < -0.39 is 9.84 Å². The number of ether oxygens (including phenoxy) is 1. The monoisotopic (exact) mass is 249 g/mol. The number of hydrogen-bond acceptors (Lipinski definition) is 4. The van der Waals surface area contributed by atoms with Crippen molar-refractivity contribution in [2.45, 2.75) is 51.4 Å². The lowest BCUT2D eigenvalue weighted by Crippen LogP contribution is -2.48. The highest BCUT2D eigenvalue weighted by Gasteiger charge is 2.32. The van der Waals surface area contributed by atoms with Crippen LogP contribution in [0.25, 0.3) is 0 Å². The van der Waals surface area contributed by atoms with Gasteiger partial charge in [0.2, 0.25) is 0 Å². The molecule has 1 fully saturated rings. The Kier molecular flexibility index (Phi) is 4.37. The molecule has 16 heavy (non-hydrogen) atoms. The third kappa shape index (κ3) is 5.82. The van der Waals surface area contributed by atoms with E-state index in [4.69, 9.17) is 4.74 Å². The topological polar surface area (TPSA) is 55.4 Å². The first-order valence-corrected chi connectivity index (χ1v) is 7.81. The van der Waals surface area contributed by atoms with Crippen LogP contribution < -0.4 is 5.32 Å². The van der Waals surface area contributed by atoms with Crippen LogP contribution in [0.5, 0.6) is 0 Å². The largest absolute Gasteiger partial charge is 0.373 e. The molecule has 0 aromatic rings. The van der Waals surface area contributed by atoms with Gasteiger partial charge in [-0.15, -0.1) is 0 Å². The Balaban J connectivity index is 2.09. The Labute approximate surface area is 98.7 Å². The lowest BCUT2D eigenvalue weighted by Gasteiger charge is -2.39. The number of sulfone groups is 1. The van der Waals surface area contributed by atoms with Crippen molar-refractivity contribution in [3.8, 4) is 0 Å². The molecule has 1 N–H and O–H groups in total. The van der Waals surface area contributed by atoms with Crippen LogP contribution in [0, 0.1) is 0 Å². The van der Waals surface area contributed by atoms with Gasteiger partial charge in [0, 0.05) is 18.8 Å². The smallest absolute Gasteiger partial charge is 0.148 e. The Morgan fingerprint density at radius 1 is 1.31 bits per heavy atom. The lowest BCUT2D eigenvalue weighted by atomic mass is 9.88. The van der Waals surface area contributed by atoms with E-state index in [1.165, 1.54) is 6.26 Å². The van der Waals surface area contributed by atoms with Crippen LogP contribution in [0.2, 0.25) is 0 Å². The summed E-state index contributed by atoms with van der Waals surface area (Å²) in [4.78, 5) is 0. The highest BCUT2D eigenvalue weighted by Crippen LogP contribution is 2.27. The molecule has 5 heteroatoms. The summed E-state index contributed by atoms with van der Waals surface area (Å²) in [6.45, 7) is 6.71. The molecule has 0 spiro atoms. The molecule has 0 heterocycles. The summed E-state index contributed by atoms with van der Waals surface area (Å²) in [7, 11) is -2.84. The number of hydrogen-bond donors (Lipinski definition) is 1. The fraction of sp³-hybridized carbons (Fsp3) is 1.00. The molecule has 96 valence electrons. The third-order valence-corrected chi connectivity index (χ3v) is 3.47. The van der Waals surface area contributed by atoms with Crippen LogP contribution in [-0.4, -0.2) is 44.7 Å². The van der Waals surface area contributed by atoms with Crippen molar-refractivity contribution >= 4 is 9.84 Å². The van der Waals surface area contributed by atoms with Crippen LogP contribution in [0.1, 0.15) is 33.6 Å². The molecule has 1 rings (SSSR count). The predicted molar refractivity (Wildman–Crippen MR) is 65.4 cm³/mol. The molecule has 0 unspecified atom stereocenters. The second-order valence-corrected chi connectivity index (χ2v) is 7.86. The summed E-state index contributed by atoms with van der Waals surface area (Å²) >= 11 is 0. The van der Waals surface area contributed by atoms with Gasteiger partial charge in [-0.05, 0) is 33.6 Å². The van der Waals surface area contributed by atoms with Gasteiger partial charge in [0.05, 0.1) is 17.5 Å². The zero-order valence-electron chi connectivity index (χ0n) is 10.6. The average molecular weight is 249 g/mol. The zero-order chi connectivity index (χ0) is 12.4. The molecular formula is C11H23NO3S. The van der Waals surface area contributed by atoms with Crippen molar-refractivity contribution in [2.75, 3.05) is 18.6 Å². The fourth-order valence-corrected chi connectivity index (χ4v) is 2.27. The maximum atomic E-state index is 10.9. The SMILES string of the molecule is CC(C)(C)OC1CC(NCCS(C)(=O)=O)C1. The van der Waals surface area contributed by atoms with E-state index in [0.29, 0.717) is 18.7 Å². The van der Waals surface area contributed by atoms with Gasteiger partial charge in [0.1, 0.15) is 9.84 Å². The minimum Gasteiger partial charge on any atom is -0.373 e. The minimum atomic E-state index is -2.84. The van der Waals surface area contributed by atoms with Gasteiger partial charge in [0.15, 0.2) is 0 Å².